The third-order valence-electron chi connectivity index (χ3n) is 2.62. The van der Waals surface area contributed by atoms with E-state index >= 15 is 0 Å². The third kappa shape index (κ3) is 2.61. The first-order valence-corrected chi connectivity index (χ1v) is 6.85. The van der Waals surface area contributed by atoms with Crippen LogP contribution in [0.4, 0.5) is 5.69 Å². The predicted octanol–water partition coefficient (Wildman–Crippen LogP) is 1.63. The van der Waals surface area contributed by atoms with Crippen molar-refractivity contribution in [2.75, 3.05) is 11.4 Å². The molecule has 1 atom stereocenters. The molecule has 1 aromatic rings. The van der Waals surface area contributed by atoms with Crippen LogP contribution in [0.3, 0.4) is 0 Å². The zero-order valence-corrected chi connectivity index (χ0v) is 11.0. The van der Waals surface area contributed by atoms with Crippen LogP contribution in [0.1, 0.15) is 18.9 Å². The molecular weight excluding hydrogens is 250 g/mol. The fourth-order valence-electron chi connectivity index (χ4n) is 1.45. The Hall–Kier alpha value is -2.05. The van der Waals surface area contributed by atoms with Gasteiger partial charge in [-0.1, -0.05) is 6.92 Å². The largest absolute Gasteiger partial charge is 0.272 e. The molecule has 5 nitrogen and oxygen atoms in total. The maximum atomic E-state index is 12.1. The minimum Gasteiger partial charge on any atom is -0.272 e. The maximum Gasteiger partial charge on any atom is 0.251 e. The molecule has 1 unspecified atom stereocenters. The Balaban J connectivity index is 3.11. The highest BCUT2D eigenvalue weighted by atomic mass is 32.2. The van der Waals surface area contributed by atoms with E-state index in [0.29, 0.717) is 11.3 Å². The van der Waals surface area contributed by atoms with E-state index < -0.39 is 15.3 Å². The van der Waals surface area contributed by atoms with Crippen LogP contribution in [-0.4, -0.2) is 20.7 Å². The second kappa shape index (κ2) is 5.52. The van der Waals surface area contributed by atoms with Gasteiger partial charge in [-0.2, -0.15) is 10.5 Å². The lowest BCUT2D eigenvalue weighted by atomic mass is 10.2. The van der Waals surface area contributed by atoms with Crippen molar-refractivity contribution < 1.29 is 8.42 Å². The van der Waals surface area contributed by atoms with Gasteiger partial charge in [0.1, 0.15) is 0 Å². The minimum absolute atomic E-state index is 0.236. The summed E-state index contributed by atoms with van der Waals surface area (Å²) in [5, 5.41) is 16.4. The molecule has 94 valence electrons. The zero-order valence-electron chi connectivity index (χ0n) is 10.2. The second-order valence-electron chi connectivity index (χ2n) is 3.70. The summed E-state index contributed by atoms with van der Waals surface area (Å²) in [5.41, 5.74) is 0.888. The quantitative estimate of drug-likeness (QED) is 0.826. The zero-order chi connectivity index (χ0) is 13.8. The standard InChI is InChI=1S/C12H13N3O2S/c1-3-12(9-14)18(16,17)15(2)11-6-4-10(8-13)5-7-11/h4-7,12H,3H2,1-2H3. The van der Waals surface area contributed by atoms with Gasteiger partial charge in [0.25, 0.3) is 10.0 Å². The predicted molar refractivity (Wildman–Crippen MR) is 68.2 cm³/mol. The second-order valence-corrected chi connectivity index (χ2v) is 5.84. The third-order valence-corrected chi connectivity index (χ3v) is 4.75. The Morgan fingerprint density at radius 2 is 1.83 bits per heavy atom. The molecule has 0 aliphatic carbocycles. The highest BCUT2D eigenvalue weighted by molar-refractivity contribution is 7.93. The van der Waals surface area contributed by atoms with Gasteiger partial charge >= 0.3 is 0 Å². The summed E-state index contributed by atoms with van der Waals surface area (Å²) in [5.74, 6) is 0. The minimum atomic E-state index is -3.68. The van der Waals surface area contributed by atoms with E-state index in [0.717, 1.165) is 4.31 Å². The van der Waals surface area contributed by atoms with E-state index in [1.165, 1.54) is 19.2 Å². The van der Waals surface area contributed by atoms with Gasteiger partial charge in [0, 0.05) is 7.05 Å². The van der Waals surface area contributed by atoms with Gasteiger partial charge in [-0.15, -0.1) is 0 Å². The van der Waals surface area contributed by atoms with Crippen molar-refractivity contribution in [1.29, 1.82) is 10.5 Å². The van der Waals surface area contributed by atoms with Gasteiger partial charge in [-0.05, 0) is 30.7 Å². The molecule has 0 spiro atoms. The summed E-state index contributed by atoms with van der Waals surface area (Å²) >= 11 is 0. The molecule has 0 bridgehead atoms. The lowest BCUT2D eigenvalue weighted by Gasteiger charge is -2.21. The summed E-state index contributed by atoms with van der Waals surface area (Å²) in [6, 6.07) is 9.90. The maximum absolute atomic E-state index is 12.1. The number of rotatable bonds is 4. The Bertz CT molecular complexity index is 594. The van der Waals surface area contributed by atoms with Crippen LogP contribution in [0.25, 0.3) is 0 Å². The topological polar surface area (TPSA) is 85.0 Å². The summed E-state index contributed by atoms with van der Waals surface area (Å²) < 4.78 is 25.2. The summed E-state index contributed by atoms with van der Waals surface area (Å²) in [6.45, 7) is 1.65. The highest BCUT2D eigenvalue weighted by Gasteiger charge is 2.28. The van der Waals surface area contributed by atoms with Crippen molar-refractivity contribution in [3.63, 3.8) is 0 Å². The van der Waals surface area contributed by atoms with E-state index in [9.17, 15) is 8.42 Å². The molecule has 0 N–H and O–H groups in total. The normalized spacial score (nSPS) is 12.2. The van der Waals surface area contributed by atoms with E-state index in [1.807, 2.05) is 6.07 Å². The Kier molecular flexibility index (Phi) is 4.30. The van der Waals surface area contributed by atoms with Gasteiger partial charge < -0.3 is 0 Å². The van der Waals surface area contributed by atoms with E-state index in [4.69, 9.17) is 10.5 Å². The first-order chi connectivity index (χ1) is 8.47. The molecule has 0 fully saturated rings. The summed E-state index contributed by atoms with van der Waals surface area (Å²) in [4.78, 5) is 0. The van der Waals surface area contributed by atoms with Crippen LogP contribution < -0.4 is 4.31 Å². The summed E-state index contributed by atoms with van der Waals surface area (Å²) in [6.07, 6.45) is 0.236. The Morgan fingerprint density at radius 1 is 1.28 bits per heavy atom. The van der Waals surface area contributed by atoms with Crippen molar-refractivity contribution in [3.05, 3.63) is 29.8 Å². The first kappa shape index (κ1) is 14.0. The van der Waals surface area contributed by atoms with E-state index in [1.54, 1.807) is 25.1 Å². The molecule has 0 amide bonds. The van der Waals surface area contributed by atoms with Crippen molar-refractivity contribution in [3.8, 4) is 12.1 Å². The smallest absolute Gasteiger partial charge is 0.251 e. The number of nitriles is 2. The van der Waals surface area contributed by atoms with Crippen molar-refractivity contribution in [1.82, 2.24) is 0 Å². The number of sulfonamides is 1. The molecule has 0 saturated heterocycles. The molecule has 1 rings (SSSR count). The van der Waals surface area contributed by atoms with Gasteiger partial charge in [0.05, 0.1) is 23.4 Å². The fraction of sp³-hybridized carbons (Fsp3) is 0.333. The summed E-state index contributed by atoms with van der Waals surface area (Å²) in [7, 11) is -2.28. The van der Waals surface area contributed by atoms with Gasteiger partial charge in [0.2, 0.25) is 0 Å². The number of benzene rings is 1. The number of anilines is 1. The molecule has 6 heteroatoms. The van der Waals surface area contributed by atoms with E-state index in [2.05, 4.69) is 0 Å². The van der Waals surface area contributed by atoms with Crippen molar-refractivity contribution >= 4 is 15.7 Å². The molecule has 0 radical (unpaired) electrons. The first-order valence-electron chi connectivity index (χ1n) is 5.35. The highest BCUT2D eigenvalue weighted by Crippen LogP contribution is 2.20. The Morgan fingerprint density at radius 3 is 2.22 bits per heavy atom. The fourth-order valence-corrected chi connectivity index (χ4v) is 2.80. The van der Waals surface area contributed by atoms with Crippen LogP contribution in [0.2, 0.25) is 0 Å². The van der Waals surface area contributed by atoms with Crippen molar-refractivity contribution in [2.45, 2.75) is 18.6 Å². The SMILES string of the molecule is CCC(C#N)S(=O)(=O)N(C)c1ccc(C#N)cc1. The number of nitrogens with zero attached hydrogens (tertiary/aromatic N) is 3. The van der Waals surface area contributed by atoms with Crippen LogP contribution in [-0.2, 0) is 10.0 Å². The van der Waals surface area contributed by atoms with Crippen LogP contribution in [0, 0.1) is 22.7 Å². The van der Waals surface area contributed by atoms with Crippen LogP contribution >= 0.6 is 0 Å². The molecule has 0 aliphatic heterocycles. The van der Waals surface area contributed by atoms with Crippen LogP contribution in [0.5, 0.6) is 0 Å². The number of hydrogen-bond donors (Lipinski definition) is 0. The monoisotopic (exact) mass is 263 g/mol. The van der Waals surface area contributed by atoms with Gasteiger partial charge in [0.15, 0.2) is 5.25 Å². The number of hydrogen-bond acceptors (Lipinski definition) is 4. The average molecular weight is 263 g/mol. The molecule has 18 heavy (non-hydrogen) atoms. The Labute approximate surface area is 107 Å². The lowest BCUT2D eigenvalue weighted by Crippen LogP contribution is -2.35. The average Bonchev–Trinajstić information content (AvgIpc) is 2.39. The molecule has 0 heterocycles. The molecule has 0 saturated carbocycles. The van der Waals surface area contributed by atoms with Crippen molar-refractivity contribution in [2.24, 2.45) is 0 Å². The lowest BCUT2D eigenvalue weighted by molar-refractivity contribution is 0.585. The van der Waals surface area contributed by atoms with Crippen LogP contribution in [0.15, 0.2) is 24.3 Å². The molecule has 0 aromatic heterocycles. The molecular formula is C12H13N3O2S. The molecule has 0 aliphatic rings. The van der Waals surface area contributed by atoms with Gasteiger partial charge in [-0.25, -0.2) is 8.42 Å². The van der Waals surface area contributed by atoms with Gasteiger partial charge in [-0.3, -0.25) is 4.31 Å². The molecule has 1 aromatic carbocycles. The van der Waals surface area contributed by atoms with E-state index in [-0.39, 0.29) is 6.42 Å².